The fraction of sp³-hybridized carbons (Fsp3) is 0.619. The Bertz CT molecular complexity index is 591. The lowest BCUT2D eigenvalue weighted by molar-refractivity contribution is -0.133. The highest BCUT2D eigenvalue weighted by atomic mass is 16.2. The maximum atomic E-state index is 12.3. The number of hydrogen-bond acceptors (Lipinski definition) is 2. The van der Waals surface area contributed by atoms with E-state index in [4.69, 9.17) is 0 Å². The highest BCUT2D eigenvalue weighted by Gasteiger charge is 2.25. The summed E-state index contributed by atoms with van der Waals surface area (Å²) in [7, 11) is 0. The van der Waals surface area contributed by atoms with E-state index in [0.717, 1.165) is 13.1 Å². The third kappa shape index (κ3) is 5.58. The molecule has 2 rings (SSSR count). The molecule has 2 atom stereocenters. The standard InChI is InChI=1S/C21H32N2O2/c1-15-12-16(2)14-23(13-15)19(24)10-11-22-20(25)17-6-8-18(9-7-17)21(3,4)5/h6-9,15-16H,10-14H2,1-5H3,(H,22,25). The van der Waals surface area contributed by atoms with Crippen LogP contribution in [0.5, 0.6) is 0 Å². The zero-order valence-electron chi connectivity index (χ0n) is 16.3. The minimum atomic E-state index is -0.117. The zero-order chi connectivity index (χ0) is 18.6. The van der Waals surface area contributed by atoms with Gasteiger partial charge in [0.05, 0.1) is 0 Å². The predicted octanol–water partition coefficient (Wildman–Crippen LogP) is 3.61. The van der Waals surface area contributed by atoms with Crippen molar-refractivity contribution in [2.45, 2.75) is 52.9 Å². The summed E-state index contributed by atoms with van der Waals surface area (Å²) in [6, 6.07) is 7.70. The Balaban J connectivity index is 1.81. The van der Waals surface area contributed by atoms with Crippen molar-refractivity contribution in [1.29, 1.82) is 0 Å². The van der Waals surface area contributed by atoms with Crippen LogP contribution in [0.4, 0.5) is 0 Å². The summed E-state index contributed by atoms with van der Waals surface area (Å²) in [5.74, 6) is 1.14. The van der Waals surface area contributed by atoms with Crippen molar-refractivity contribution in [2.24, 2.45) is 11.8 Å². The van der Waals surface area contributed by atoms with Crippen molar-refractivity contribution in [3.05, 3.63) is 35.4 Å². The van der Waals surface area contributed by atoms with E-state index in [1.807, 2.05) is 29.2 Å². The number of nitrogens with one attached hydrogen (secondary N) is 1. The van der Waals surface area contributed by atoms with Crippen LogP contribution < -0.4 is 5.32 Å². The van der Waals surface area contributed by atoms with Crippen LogP contribution in [-0.2, 0) is 10.2 Å². The number of nitrogens with zero attached hydrogens (tertiary/aromatic N) is 1. The second-order valence-corrected chi connectivity index (χ2v) is 8.58. The fourth-order valence-electron chi connectivity index (χ4n) is 3.53. The number of benzene rings is 1. The molecule has 0 spiro atoms. The SMILES string of the molecule is CC1CC(C)CN(C(=O)CCNC(=O)c2ccc(C(C)(C)C)cc2)C1. The quantitative estimate of drug-likeness (QED) is 0.907. The molecule has 1 aliphatic heterocycles. The molecule has 1 fully saturated rings. The van der Waals surface area contributed by atoms with Gasteiger partial charge >= 0.3 is 0 Å². The van der Waals surface area contributed by atoms with Crippen molar-refractivity contribution < 1.29 is 9.59 Å². The first-order chi connectivity index (χ1) is 11.7. The minimum absolute atomic E-state index is 0.0736. The monoisotopic (exact) mass is 344 g/mol. The van der Waals surface area contributed by atoms with E-state index < -0.39 is 0 Å². The summed E-state index contributed by atoms with van der Waals surface area (Å²) in [5, 5.41) is 2.86. The highest BCUT2D eigenvalue weighted by molar-refractivity contribution is 5.94. The highest BCUT2D eigenvalue weighted by Crippen LogP contribution is 2.22. The molecule has 2 unspecified atom stereocenters. The minimum Gasteiger partial charge on any atom is -0.352 e. The molecule has 4 nitrogen and oxygen atoms in total. The summed E-state index contributed by atoms with van der Waals surface area (Å²) in [4.78, 5) is 26.5. The average molecular weight is 344 g/mol. The Morgan fingerprint density at radius 3 is 2.16 bits per heavy atom. The molecule has 1 aromatic rings. The zero-order valence-corrected chi connectivity index (χ0v) is 16.3. The lowest BCUT2D eigenvalue weighted by atomic mass is 9.87. The van der Waals surface area contributed by atoms with Crippen molar-refractivity contribution in [3.8, 4) is 0 Å². The third-order valence-corrected chi connectivity index (χ3v) is 4.86. The molecule has 4 heteroatoms. The van der Waals surface area contributed by atoms with Crippen LogP contribution in [0.3, 0.4) is 0 Å². The van der Waals surface area contributed by atoms with Crippen LogP contribution in [0.2, 0.25) is 0 Å². The predicted molar refractivity (Wildman–Crippen MR) is 102 cm³/mol. The summed E-state index contributed by atoms with van der Waals surface area (Å²) in [5.41, 5.74) is 1.91. The van der Waals surface area contributed by atoms with Gasteiger partial charge < -0.3 is 10.2 Å². The van der Waals surface area contributed by atoms with Gasteiger partial charge in [0, 0.05) is 31.6 Å². The number of rotatable bonds is 4. The molecular weight excluding hydrogens is 312 g/mol. The van der Waals surface area contributed by atoms with Crippen LogP contribution in [0.1, 0.15) is 63.4 Å². The largest absolute Gasteiger partial charge is 0.352 e. The number of hydrogen-bond donors (Lipinski definition) is 1. The van der Waals surface area contributed by atoms with E-state index in [1.165, 1.54) is 12.0 Å². The Morgan fingerprint density at radius 1 is 1.08 bits per heavy atom. The number of likely N-dealkylation sites (tertiary alicyclic amines) is 1. The molecule has 0 radical (unpaired) electrons. The molecule has 138 valence electrons. The Morgan fingerprint density at radius 2 is 1.64 bits per heavy atom. The fourth-order valence-corrected chi connectivity index (χ4v) is 3.53. The van der Waals surface area contributed by atoms with Crippen LogP contribution in [0, 0.1) is 11.8 Å². The lowest BCUT2D eigenvalue weighted by Crippen LogP contribution is -2.43. The Hall–Kier alpha value is -1.84. The average Bonchev–Trinajstić information content (AvgIpc) is 2.53. The third-order valence-electron chi connectivity index (χ3n) is 4.86. The first-order valence-corrected chi connectivity index (χ1v) is 9.33. The van der Waals surface area contributed by atoms with E-state index in [-0.39, 0.29) is 17.2 Å². The molecule has 0 aliphatic carbocycles. The van der Waals surface area contributed by atoms with Gasteiger partial charge in [-0.3, -0.25) is 9.59 Å². The summed E-state index contributed by atoms with van der Waals surface area (Å²) >= 11 is 0. The smallest absolute Gasteiger partial charge is 0.251 e. The molecule has 2 amide bonds. The molecular formula is C21H32N2O2. The second kappa shape index (κ2) is 8.03. The number of carbonyl (C=O) groups excluding carboxylic acids is 2. The van der Waals surface area contributed by atoms with Crippen LogP contribution in [0.15, 0.2) is 24.3 Å². The van der Waals surface area contributed by atoms with Gasteiger partial charge in [-0.2, -0.15) is 0 Å². The maximum Gasteiger partial charge on any atom is 0.251 e. The summed E-state index contributed by atoms with van der Waals surface area (Å²) in [6.45, 7) is 12.9. The van der Waals surface area contributed by atoms with E-state index in [2.05, 4.69) is 39.9 Å². The first kappa shape index (κ1) is 19.5. The topological polar surface area (TPSA) is 49.4 Å². The molecule has 25 heavy (non-hydrogen) atoms. The van der Waals surface area contributed by atoms with Crippen molar-refractivity contribution in [3.63, 3.8) is 0 Å². The van der Waals surface area contributed by atoms with Gasteiger partial charge in [-0.15, -0.1) is 0 Å². The second-order valence-electron chi connectivity index (χ2n) is 8.58. The lowest BCUT2D eigenvalue weighted by Gasteiger charge is -2.35. The molecule has 0 saturated carbocycles. The van der Waals surface area contributed by atoms with E-state index in [9.17, 15) is 9.59 Å². The Labute approximate surface area is 152 Å². The van der Waals surface area contributed by atoms with Crippen LogP contribution in [-0.4, -0.2) is 36.3 Å². The molecule has 1 heterocycles. The summed E-state index contributed by atoms with van der Waals surface area (Å²) in [6.07, 6.45) is 1.55. The van der Waals surface area contributed by atoms with Crippen molar-refractivity contribution in [1.82, 2.24) is 10.2 Å². The van der Waals surface area contributed by atoms with Gasteiger partial charge in [-0.05, 0) is 41.4 Å². The molecule has 1 saturated heterocycles. The molecule has 1 N–H and O–H groups in total. The van der Waals surface area contributed by atoms with Gasteiger partial charge in [0.15, 0.2) is 0 Å². The van der Waals surface area contributed by atoms with E-state index in [1.54, 1.807) is 0 Å². The number of piperidine rings is 1. The van der Waals surface area contributed by atoms with Gasteiger partial charge in [0.25, 0.3) is 5.91 Å². The number of carbonyl (C=O) groups is 2. The number of amides is 2. The van der Waals surface area contributed by atoms with Gasteiger partial charge in [0.1, 0.15) is 0 Å². The maximum absolute atomic E-state index is 12.3. The molecule has 1 aliphatic rings. The van der Waals surface area contributed by atoms with Gasteiger partial charge in [-0.1, -0.05) is 46.8 Å². The van der Waals surface area contributed by atoms with Gasteiger partial charge in [-0.25, -0.2) is 0 Å². The van der Waals surface area contributed by atoms with Crippen molar-refractivity contribution >= 4 is 11.8 Å². The first-order valence-electron chi connectivity index (χ1n) is 9.33. The van der Waals surface area contributed by atoms with Crippen LogP contribution in [0.25, 0.3) is 0 Å². The molecule has 0 aromatic heterocycles. The van der Waals surface area contributed by atoms with E-state index in [0.29, 0.717) is 30.4 Å². The van der Waals surface area contributed by atoms with Crippen molar-refractivity contribution in [2.75, 3.05) is 19.6 Å². The van der Waals surface area contributed by atoms with Crippen LogP contribution >= 0.6 is 0 Å². The normalized spacial score (nSPS) is 21.1. The van der Waals surface area contributed by atoms with E-state index >= 15 is 0 Å². The molecule has 1 aromatic carbocycles. The Kier molecular flexibility index (Phi) is 6.26. The van der Waals surface area contributed by atoms with Gasteiger partial charge in [0.2, 0.25) is 5.91 Å². The summed E-state index contributed by atoms with van der Waals surface area (Å²) < 4.78 is 0. The molecule has 0 bridgehead atoms.